The van der Waals surface area contributed by atoms with Gasteiger partial charge in [0.25, 0.3) is 0 Å². The fourth-order valence-electron chi connectivity index (χ4n) is 3.38. The van der Waals surface area contributed by atoms with Crippen molar-refractivity contribution in [3.63, 3.8) is 0 Å². The predicted octanol–water partition coefficient (Wildman–Crippen LogP) is 1.84. The molecule has 5 heteroatoms. The highest BCUT2D eigenvalue weighted by atomic mass is 16.3. The second kappa shape index (κ2) is 5.60. The van der Waals surface area contributed by atoms with Crippen LogP contribution in [0.4, 0.5) is 11.4 Å². The lowest BCUT2D eigenvalue weighted by Crippen LogP contribution is -2.40. The van der Waals surface area contributed by atoms with E-state index in [9.17, 15) is 9.59 Å². The molecule has 3 rings (SSSR count). The summed E-state index contributed by atoms with van der Waals surface area (Å²) in [5.74, 6) is 0. The predicted molar refractivity (Wildman–Crippen MR) is 97.4 cm³/mol. The van der Waals surface area contributed by atoms with Gasteiger partial charge in [0.1, 0.15) is 0 Å². The standard InChI is InChI=1S/C19H22N2O3/c1-11(10-22)20-16-12(17(23)18(16)24)9-15-19(2,3)13-7-5-6-8-14(13)21(15)4/h5-9,11,20,22H,10H2,1-4H3/b15-9+/t11-/m1/s1. The maximum atomic E-state index is 12.0. The molecule has 1 aliphatic rings. The maximum absolute atomic E-state index is 12.0. The number of nitrogens with zero attached hydrogens (tertiary/aromatic N) is 1. The van der Waals surface area contributed by atoms with E-state index in [1.165, 1.54) is 5.56 Å². The first-order valence-electron chi connectivity index (χ1n) is 8.05. The summed E-state index contributed by atoms with van der Waals surface area (Å²) in [6, 6.07) is 7.85. The van der Waals surface area contributed by atoms with Gasteiger partial charge < -0.3 is 15.3 Å². The summed E-state index contributed by atoms with van der Waals surface area (Å²) in [6.45, 7) is 5.87. The SMILES string of the molecule is C[C@H](CO)Nc1c(/C=C2/N(C)c3ccccc3C2(C)C)c(=O)c1=O. The van der Waals surface area contributed by atoms with Gasteiger partial charge in [-0.05, 0) is 24.6 Å². The lowest BCUT2D eigenvalue weighted by atomic mass is 9.83. The molecule has 2 aromatic rings. The molecule has 126 valence electrons. The number of hydrogen-bond donors (Lipinski definition) is 2. The summed E-state index contributed by atoms with van der Waals surface area (Å²) in [5, 5.41) is 12.1. The third kappa shape index (κ3) is 2.27. The smallest absolute Gasteiger partial charge is 0.250 e. The number of aliphatic hydroxyl groups is 1. The van der Waals surface area contributed by atoms with Crippen molar-refractivity contribution in [2.24, 2.45) is 0 Å². The van der Waals surface area contributed by atoms with Crippen LogP contribution in [0.25, 0.3) is 6.08 Å². The van der Waals surface area contributed by atoms with E-state index in [0.29, 0.717) is 11.3 Å². The molecule has 2 aromatic carbocycles. The maximum Gasteiger partial charge on any atom is 0.250 e. The average Bonchev–Trinajstić information content (AvgIpc) is 2.77. The van der Waals surface area contributed by atoms with Gasteiger partial charge in [0.05, 0.1) is 17.9 Å². The molecule has 0 unspecified atom stereocenters. The number of rotatable bonds is 4. The number of benzene rings is 1. The highest BCUT2D eigenvalue weighted by molar-refractivity contribution is 5.80. The van der Waals surface area contributed by atoms with E-state index in [4.69, 9.17) is 5.11 Å². The molecule has 0 saturated carbocycles. The number of hydrogen-bond acceptors (Lipinski definition) is 5. The summed E-state index contributed by atoms with van der Waals surface area (Å²) in [6.07, 6.45) is 1.80. The molecule has 1 atom stereocenters. The molecule has 0 spiro atoms. The van der Waals surface area contributed by atoms with Crippen LogP contribution in [0.5, 0.6) is 0 Å². The van der Waals surface area contributed by atoms with E-state index in [2.05, 4.69) is 30.1 Å². The van der Waals surface area contributed by atoms with Gasteiger partial charge in [-0.15, -0.1) is 0 Å². The van der Waals surface area contributed by atoms with E-state index in [-0.39, 0.29) is 18.1 Å². The van der Waals surface area contributed by atoms with Crippen LogP contribution in [0.3, 0.4) is 0 Å². The number of para-hydroxylation sites is 1. The van der Waals surface area contributed by atoms with Crippen LogP contribution in [0, 0.1) is 0 Å². The molecule has 24 heavy (non-hydrogen) atoms. The number of anilines is 2. The van der Waals surface area contributed by atoms with Crippen molar-refractivity contribution in [3.05, 3.63) is 61.5 Å². The second-order valence-corrected chi connectivity index (χ2v) is 6.91. The van der Waals surface area contributed by atoms with E-state index >= 15 is 0 Å². The van der Waals surface area contributed by atoms with Crippen molar-refractivity contribution in [3.8, 4) is 0 Å². The lowest BCUT2D eigenvalue weighted by Gasteiger charge is -2.25. The van der Waals surface area contributed by atoms with Crippen molar-refractivity contribution in [1.82, 2.24) is 0 Å². The van der Waals surface area contributed by atoms with Gasteiger partial charge in [-0.2, -0.15) is 0 Å². The van der Waals surface area contributed by atoms with Gasteiger partial charge in [0.15, 0.2) is 0 Å². The number of likely N-dealkylation sites (N-methyl/N-ethyl adjacent to an activating group) is 1. The Labute approximate surface area is 140 Å². The van der Waals surface area contributed by atoms with E-state index in [1.54, 1.807) is 13.0 Å². The molecule has 2 N–H and O–H groups in total. The quantitative estimate of drug-likeness (QED) is 0.839. The van der Waals surface area contributed by atoms with Gasteiger partial charge in [-0.3, -0.25) is 9.59 Å². The van der Waals surface area contributed by atoms with Crippen LogP contribution in [-0.2, 0) is 5.41 Å². The molecule has 0 amide bonds. The Morgan fingerprint density at radius 2 is 1.92 bits per heavy atom. The lowest BCUT2D eigenvalue weighted by molar-refractivity contribution is 0.281. The van der Waals surface area contributed by atoms with Crippen LogP contribution < -0.4 is 21.1 Å². The first kappa shape index (κ1) is 16.5. The zero-order valence-corrected chi connectivity index (χ0v) is 14.4. The number of aliphatic hydroxyl groups excluding tert-OH is 1. The Morgan fingerprint density at radius 3 is 2.54 bits per heavy atom. The summed E-state index contributed by atoms with van der Waals surface area (Å²) >= 11 is 0. The summed E-state index contributed by atoms with van der Waals surface area (Å²) < 4.78 is 0. The van der Waals surface area contributed by atoms with Crippen molar-refractivity contribution < 1.29 is 5.11 Å². The van der Waals surface area contributed by atoms with Gasteiger partial charge in [-0.1, -0.05) is 32.0 Å². The van der Waals surface area contributed by atoms with Crippen LogP contribution >= 0.6 is 0 Å². The summed E-state index contributed by atoms with van der Waals surface area (Å²) in [7, 11) is 1.97. The second-order valence-electron chi connectivity index (χ2n) is 6.91. The molecular weight excluding hydrogens is 304 g/mol. The Morgan fingerprint density at radius 1 is 1.25 bits per heavy atom. The van der Waals surface area contributed by atoms with Crippen molar-refractivity contribution in [2.75, 3.05) is 23.9 Å². The molecular formula is C19H22N2O3. The Balaban J connectivity index is 2.07. The topological polar surface area (TPSA) is 69.6 Å². The number of nitrogens with one attached hydrogen (secondary N) is 1. The number of allylic oxidation sites excluding steroid dienone is 1. The normalized spacial score (nSPS) is 18.9. The first-order valence-corrected chi connectivity index (χ1v) is 8.05. The molecule has 0 saturated heterocycles. The van der Waals surface area contributed by atoms with Crippen molar-refractivity contribution in [1.29, 1.82) is 0 Å². The molecule has 0 aliphatic carbocycles. The monoisotopic (exact) mass is 326 g/mol. The zero-order chi connectivity index (χ0) is 17.6. The minimum Gasteiger partial charge on any atom is -0.394 e. The van der Waals surface area contributed by atoms with Crippen molar-refractivity contribution >= 4 is 17.5 Å². The fourth-order valence-corrected chi connectivity index (χ4v) is 3.38. The van der Waals surface area contributed by atoms with Gasteiger partial charge >= 0.3 is 0 Å². The Hall–Kier alpha value is -2.40. The largest absolute Gasteiger partial charge is 0.394 e. The Bertz CT molecular complexity index is 888. The van der Waals surface area contributed by atoms with Crippen LogP contribution in [-0.4, -0.2) is 24.8 Å². The molecule has 1 aliphatic heterocycles. The Kier molecular flexibility index (Phi) is 3.84. The van der Waals surface area contributed by atoms with Gasteiger partial charge in [-0.25, -0.2) is 0 Å². The fraction of sp³-hybridized carbons (Fsp3) is 0.368. The zero-order valence-electron chi connectivity index (χ0n) is 14.4. The number of fused-ring (bicyclic) bond motifs is 1. The molecule has 0 aromatic heterocycles. The van der Waals surface area contributed by atoms with Crippen molar-refractivity contribution in [2.45, 2.75) is 32.2 Å². The molecule has 0 fully saturated rings. The average molecular weight is 326 g/mol. The van der Waals surface area contributed by atoms with Crippen LogP contribution in [0.2, 0.25) is 0 Å². The molecule has 5 nitrogen and oxygen atoms in total. The van der Waals surface area contributed by atoms with Gasteiger partial charge in [0.2, 0.25) is 10.9 Å². The van der Waals surface area contributed by atoms with E-state index in [1.807, 2.05) is 25.2 Å². The summed E-state index contributed by atoms with van der Waals surface area (Å²) in [5.41, 5.74) is 2.70. The third-order valence-electron chi connectivity index (χ3n) is 4.83. The molecule has 0 bridgehead atoms. The minimum absolute atomic E-state index is 0.105. The first-order chi connectivity index (χ1) is 11.3. The van der Waals surface area contributed by atoms with Gasteiger partial charge in [0, 0.05) is 29.9 Å². The highest BCUT2D eigenvalue weighted by Crippen LogP contribution is 2.47. The summed E-state index contributed by atoms with van der Waals surface area (Å²) in [4.78, 5) is 26.0. The van der Waals surface area contributed by atoms with E-state index in [0.717, 1.165) is 11.4 Å². The van der Waals surface area contributed by atoms with Crippen LogP contribution in [0.15, 0.2) is 39.6 Å². The minimum atomic E-state index is -0.516. The van der Waals surface area contributed by atoms with E-state index < -0.39 is 10.9 Å². The molecule has 0 radical (unpaired) electrons. The molecule has 1 heterocycles. The van der Waals surface area contributed by atoms with Crippen LogP contribution in [0.1, 0.15) is 31.9 Å². The third-order valence-corrected chi connectivity index (χ3v) is 4.83. The highest BCUT2D eigenvalue weighted by Gasteiger charge is 2.38.